The second-order valence-electron chi connectivity index (χ2n) is 6.00. The van der Waals surface area contributed by atoms with E-state index in [1.54, 1.807) is 13.3 Å². The van der Waals surface area contributed by atoms with Crippen molar-refractivity contribution in [1.82, 2.24) is 4.98 Å². The number of pyridine rings is 1. The molecule has 1 fully saturated rings. The Morgan fingerprint density at radius 2 is 1.86 bits per heavy atom. The third kappa shape index (κ3) is 2.68. The number of benzene rings is 1. The first kappa shape index (κ1) is 14.5. The van der Waals surface area contributed by atoms with E-state index in [1.165, 1.54) is 12.8 Å². The van der Waals surface area contributed by atoms with Crippen molar-refractivity contribution in [3.05, 3.63) is 42.1 Å². The van der Waals surface area contributed by atoms with Gasteiger partial charge in [-0.05, 0) is 30.5 Å². The molecule has 2 aromatic rings. The van der Waals surface area contributed by atoms with Crippen molar-refractivity contribution in [2.24, 2.45) is 0 Å². The van der Waals surface area contributed by atoms with E-state index in [-0.39, 0.29) is 0 Å². The fourth-order valence-electron chi connectivity index (χ4n) is 3.57. The van der Waals surface area contributed by atoms with Crippen molar-refractivity contribution in [2.75, 3.05) is 7.11 Å². The summed E-state index contributed by atoms with van der Waals surface area (Å²) in [6.45, 7) is 0. The number of aliphatic hydroxyl groups is 1. The summed E-state index contributed by atoms with van der Waals surface area (Å²) in [5, 5.41) is 12.1. The van der Waals surface area contributed by atoms with Gasteiger partial charge in [-0.2, -0.15) is 0 Å². The molecule has 112 valence electrons. The minimum atomic E-state index is -0.603. The van der Waals surface area contributed by atoms with Crippen LogP contribution >= 0.6 is 0 Å². The molecule has 0 bridgehead atoms. The van der Waals surface area contributed by atoms with Crippen LogP contribution in [0.4, 0.5) is 0 Å². The molecule has 1 N–H and O–H groups in total. The van der Waals surface area contributed by atoms with Crippen LogP contribution in [0.25, 0.3) is 10.9 Å². The molecule has 0 saturated heterocycles. The average Bonchev–Trinajstić information content (AvgIpc) is 2.80. The monoisotopic (exact) mass is 285 g/mol. The number of rotatable bonds is 3. The second-order valence-corrected chi connectivity index (χ2v) is 6.00. The molecular weight excluding hydrogens is 262 g/mol. The molecule has 1 atom stereocenters. The molecule has 0 aliphatic heterocycles. The van der Waals surface area contributed by atoms with Gasteiger partial charge in [0.05, 0.1) is 11.1 Å². The smallest absolute Gasteiger partial charge is 0.109 e. The molecule has 1 heterocycles. The fraction of sp³-hybridized carbons (Fsp3) is 0.500. The lowest BCUT2D eigenvalue weighted by molar-refractivity contribution is -0.113. The van der Waals surface area contributed by atoms with Gasteiger partial charge in [0, 0.05) is 18.7 Å². The normalized spacial score (nSPS) is 20.1. The molecule has 1 unspecified atom stereocenters. The predicted molar refractivity (Wildman–Crippen MR) is 84.1 cm³/mol. The Balaban J connectivity index is 2.03. The number of hydrogen-bond acceptors (Lipinski definition) is 3. The Kier molecular flexibility index (Phi) is 4.22. The van der Waals surface area contributed by atoms with E-state index in [0.717, 1.165) is 42.1 Å². The first-order valence-corrected chi connectivity index (χ1v) is 7.84. The van der Waals surface area contributed by atoms with Gasteiger partial charge in [-0.15, -0.1) is 0 Å². The summed E-state index contributed by atoms with van der Waals surface area (Å²) in [6, 6.07) is 9.90. The average molecular weight is 285 g/mol. The topological polar surface area (TPSA) is 42.4 Å². The summed E-state index contributed by atoms with van der Waals surface area (Å²) in [7, 11) is 1.73. The van der Waals surface area contributed by atoms with E-state index in [0.29, 0.717) is 0 Å². The van der Waals surface area contributed by atoms with Crippen molar-refractivity contribution in [3.8, 4) is 0 Å². The van der Waals surface area contributed by atoms with Crippen LogP contribution in [0, 0.1) is 0 Å². The van der Waals surface area contributed by atoms with Crippen LogP contribution in [-0.2, 0) is 4.74 Å². The molecule has 3 rings (SSSR count). The van der Waals surface area contributed by atoms with Gasteiger partial charge in [0.25, 0.3) is 0 Å². The zero-order valence-corrected chi connectivity index (χ0v) is 12.6. The largest absolute Gasteiger partial charge is 0.385 e. The number of nitrogens with zero attached hydrogens (tertiary/aromatic N) is 1. The van der Waals surface area contributed by atoms with Crippen molar-refractivity contribution < 1.29 is 9.84 Å². The van der Waals surface area contributed by atoms with Gasteiger partial charge in [-0.3, -0.25) is 4.98 Å². The van der Waals surface area contributed by atoms with Crippen molar-refractivity contribution in [1.29, 1.82) is 0 Å². The van der Waals surface area contributed by atoms with Crippen molar-refractivity contribution in [2.45, 2.75) is 50.2 Å². The first-order chi connectivity index (χ1) is 10.3. The molecule has 1 aliphatic rings. The van der Waals surface area contributed by atoms with Gasteiger partial charge >= 0.3 is 0 Å². The van der Waals surface area contributed by atoms with Crippen LogP contribution < -0.4 is 0 Å². The number of aliphatic hydroxyl groups excluding tert-OH is 1. The van der Waals surface area contributed by atoms with Crippen molar-refractivity contribution in [3.63, 3.8) is 0 Å². The van der Waals surface area contributed by atoms with Gasteiger partial charge in [0.15, 0.2) is 0 Å². The second kappa shape index (κ2) is 6.12. The van der Waals surface area contributed by atoms with Crippen molar-refractivity contribution >= 4 is 10.9 Å². The quantitative estimate of drug-likeness (QED) is 0.866. The SMILES string of the molecule is COC1(C(O)c2cccc3ncccc23)CCCCCC1. The maximum absolute atomic E-state index is 11.1. The zero-order chi connectivity index (χ0) is 14.7. The molecule has 1 saturated carbocycles. The number of ether oxygens (including phenoxy) is 1. The molecule has 1 aromatic carbocycles. The lowest BCUT2D eigenvalue weighted by Crippen LogP contribution is -2.38. The van der Waals surface area contributed by atoms with Gasteiger partial charge in [0.1, 0.15) is 6.10 Å². The molecular formula is C18H23NO2. The highest BCUT2D eigenvalue weighted by Gasteiger charge is 2.39. The molecule has 0 spiro atoms. The summed E-state index contributed by atoms with van der Waals surface area (Å²) < 4.78 is 5.85. The van der Waals surface area contributed by atoms with E-state index >= 15 is 0 Å². The Bertz CT molecular complexity index is 598. The van der Waals surface area contributed by atoms with Gasteiger partial charge in [-0.25, -0.2) is 0 Å². The van der Waals surface area contributed by atoms with Crippen LogP contribution in [0.1, 0.15) is 50.2 Å². The molecule has 1 aliphatic carbocycles. The van der Waals surface area contributed by atoms with E-state index in [9.17, 15) is 5.11 Å². The molecule has 21 heavy (non-hydrogen) atoms. The Hall–Kier alpha value is -1.45. The number of methoxy groups -OCH3 is 1. The molecule has 0 radical (unpaired) electrons. The summed E-state index contributed by atoms with van der Waals surface area (Å²) in [4.78, 5) is 4.38. The van der Waals surface area contributed by atoms with Crippen LogP contribution in [0.5, 0.6) is 0 Å². The first-order valence-electron chi connectivity index (χ1n) is 7.84. The minimum absolute atomic E-state index is 0.458. The van der Waals surface area contributed by atoms with E-state index in [1.807, 2.05) is 30.3 Å². The highest BCUT2D eigenvalue weighted by Crippen LogP contribution is 2.41. The lowest BCUT2D eigenvalue weighted by atomic mass is 9.83. The Morgan fingerprint density at radius 3 is 2.57 bits per heavy atom. The highest BCUT2D eigenvalue weighted by atomic mass is 16.5. The number of aromatic nitrogens is 1. The van der Waals surface area contributed by atoms with Gasteiger partial charge in [-0.1, -0.05) is 43.9 Å². The van der Waals surface area contributed by atoms with Gasteiger partial charge in [0.2, 0.25) is 0 Å². The fourth-order valence-corrected chi connectivity index (χ4v) is 3.57. The summed E-state index contributed by atoms with van der Waals surface area (Å²) in [5.74, 6) is 0. The molecule has 0 amide bonds. The van der Waals surface area contributed by atoms with Crippen LogP contribution in [-0.4, -0.2) is 22.8 Å². The van der Waals surface area contributed by atoms with Gasteiger partial charge < -0.3 is 9.84 Å². The standard InChI is InChI=1S/C18H23NO2/c1-21-18(11-4-2-3-5-12-18)17(20)15-8-6-10-16-14(15)9-7-13-19-16/h6-10,13,17,20H,2-5,11-12H2,1H3. The zero-order valence-electron chi connectivity index (χ0n) is 12.6. The maximum atomic E-state index is 11.1. The molecule has 3 heteroatoms. The molecule has 1 aromatic heterocycles. The summed E-state index contributed by atoms with van der Waals surface area (Å²) in [6.07, 6.45) is 7.72. The number of fused-ring (bicyclic) bond motifs is 1. The lowest BCUT2D eigenvalue weighted by Gasteiger charge is -2.36. The Labute approximate surface area is 126 Å². The van der Waals surface area contributed by atoms with E-state index in [4.69, 9.17) is 4.74 Å². The Morgan fingerprint density at radius 1 is 1.10 bits per heavy atom. The third-order valence-corrected chi connectivity index (χ3v) is 4.83. The van der Waals surface area contributed by atoms with Crippen LogP contribution in [0.3, 0.4) is 0 Å². The maximum Gasteiger partial charge on any atom is 0.109 e. The van der Waals surface area contributed by atoms with Crippen LogP contribution in [0.2, 0.25) is 0 Å². The summed E-state index contributed by atoms with van der Waals surface area (Å²) in [5.41, 5.74) is 1.40. The summed E-state index contributed by atoms with van der Waals surface area (Å²) >= 11 is 0. The predicted octanol–water partition coefficient (Wildman–Crippen LogP) is 4.01. The number of hydrogen-bond donors (Lipinski definition) is 1. The van der Waals surface area contributed by atoms with E-state index < -0.39 is 11.7 Å². The minimum Gasteiger partial charge on any atom is -0.385 e. The third-order valence-electron chi connectivity index (χ3n) is 4.83. The highest BCUT2D eigenvalue weighted by molar-refractivity contribution is 5.82. The molecule has 3 nitrogen and oxygen atoms in total. The van der Waals surface area contributed by atoms with Crippen LogP contribution in [0.15, 0.2) is 36.5 Å². The van der Waals surface area contributed by atoms with E-state index in [2.05, 4.69) is 4.98 Å².